The van der Waals surface area contributed by atoms with Crippen LogP contribution in [0.3, 0.4) is 0 Å². The van der Waals surface area contributed by atoms with Gasteiger partial charge in [0.05, 0.1) is 24.0 Å². The largest absolute Gasteiger partial charge is 0.390 e. The van der Waals surface area contributed by atoms with Crippen molar-refractivity contribution in [3.63, 3.8) is 0 Å². The fourth-order valence-corrected chi connectivity index (χ4v) is 3.94. The molecular weight excluding hydrogens is 389 g/mol. The van der Waals surface area contributed by atoms with Gasteiger partial charge in [0.1, 0.15) is 17.8 Å². The zero-order valence-electron chi connectivity index (χ0n) is 15.2. The highest BCUT2D eigenvalue weighted by molar-refractivity contribution is 5.93. The van der Waals surface area contributed by atoms with Crippen molar-refractivity contribution in [2.24, 2.45) is 0 Å². The highest BCUT2D eigenvalue weighted by Gasteiger charge is 2.53. The van der Waals surface area contributed by atoms with Gasteiger partial charge < -0.3 is 19.7 Å². The highest BCUT2D eigenvalue weighted by Crippen LogP contribution is 2.53. The second-order valence-corrected chi connectivity index (χ2v) is 7.53. The first-order chi connectivity index (χ1) is 13.9. The van der Waals surface area contributed by atoms with E-state index in [1.165, 1.54) is 6.33 Å². The van der Waals surface area contributed by atoms with Gasteiger partial charge in [0.25, 0.3) is 5.91 Å². The van der Waals surface area contributed by atoms with Crippen LogP contribution in [0, 0.1) is 0 Å². The number of carbonyl (C=O) groups is 1. The van der Waals surface area contributed by atoms with Gasteiger partial charge in [0, 0.05) is 30.3 Å². The summed E-state index contributed by atoms with van der Waals surface area (Å²) in [7, 11) is 0. The number of H-pyrrole nitrogens is 1. The van der Waals surface area contributed by atoms with E-state index in [-0.39, 0.29) is 11.2 Å². The standard InChI is InChI=1S/C18H17F3N6O2/c19-18(20,21)4-6-23-16(28)12-11-7-27(8-17(2-3-17)13(11)26-29-12)15-10-1-5-22-14(10)24-9-25-15/h1,5,9H,2-4,6-8H2,(H,23,28)(H,22,24,25). The molecule has 8 nitrogen and oxygen atoms in total. The topological polar surface area (TPSA) is 99.9 Å². The molecular formula is C18H17F3N6O2. The van der Waals surface area contributed by atoms with E-state index in [1.54, 1.807) is 6.20 Å². The van der Waals surface area contributed by atoms with E-state index in [0.29, 0.717) is 24.3 Å². The zero-order chi connectivity index (χ0) is 20.2. The fraction of sp³-hybridized carbons (Fsp3) is 0.444. The molecule has 11 heteroatoms. The Balaban J connectivity index is 1.44. The number of alkyl halides is 3. The summed E-state index contributed by atoms with van der Waals surface area (Å²) in [6, 6.07) is 1.89. The van der Waals surface area contributed by atoms with Gasteiger partial charge in [-0.25, -0.2) is 9.97 Å². The maximum absolute atomic E-state index is 12.4. The minimum absolute atomic E-state index is 0.0301. The van der Waals surface area contributed by atoms with Gasteiger partial charge >= 0.3 is 6.18 Å². The van der Waals surface area contributed by atoms with Crippen LogP contribution in [-0.4, -0.2) is 45.3 Å². The van der Waals surface area contributed by atoms with Crippen molar-refractivity contribution in [2.75, 3.05) is 18.0 Å². The molecule has 1 saturated carbocycles. The predicted molar refractivity (Wildman–Crippen MR) is 95.4 cm³/mol. The van der Waals surface area contributed by atoms with Gasteiger partial charge in [0.15, 0.2) is 0 Å². The number of aromatic amines is 1. The lowest BCUT2D eigenvalue weighted by molar-refractivity contribution is -0.133. The Morgan fingerprint density at radius 2 is 2.17 bits per heavy atom. The molecule has 2 aliphatic rings. The Hall–Kier alpha value is -3.11. The molecule has 0 atom stereocenters. The summed E-state index contributed by atoms with van der Waals surface area (Å²) in [5.41, 5.74) is 1.84. The fourth-order valence-electron chi connectivity index (χ4n) is 3.94. The van der Waals surface area contributed by atoms with Crippen LogP contribution in [0.4, 0.5) is 19.0 Å². The number of anilines is 1. The van der Waals surface area contributed by atoms with E-state index in [0.717, 1.165) is 29.7 Å². The normalized spacial score (nSPS) is 17.6. The van der Waals surface area contributed by atoms with E-state index < -0.39 is 25.0 Å². The third-order valence-electron chi connectivity index (χ3n) is 5.52. The van der Waals surface area contributed by atoms with E-state index in [9.17, 15) is 18.0 Å². The van der Waals surface area contributed by atoms with Crippen LogP contribution in [0.2, 0.25) is 0 Å². The maximum Gasteiger partial charge on any atom is 0.390 e. The molecule has 1 amide bonds. The average molecular weight is 406 g/mol. The Morgan fingerprint density at radius 3 is 2.93 bits per heavy atom. The predicted octanol–water partition coefficient (Wildman–Crippen LogP) is 2.68. The Kier molecular flexibility index (Phi) is 3.83. The highest BCUT2D eigenvalue weighted by atomic mass is 19.4. The molecule has 152 valence electrons. The van der Waals surface area contributed by atoms with Crippen molar-refractivity contribution < 1.29 is 22.5 Å². The SMILES string of the molecule is O=C(NCCC(F)(F)F)c1onc2c1CN(c1ncnc3[nH]ccc13)CC21CC1. The van der Waals surface area contributed by atoms with Crippen LogP contribution in [-0.2, 0) is 12.0 Å². The van der Waals surface area contributed by atoms with E-state index in [2.05, 4.69) is 30.3 Å². The Labute approximate surface area is 162 Å². The summed E-state index contributed by atoms with van der Waals surface area (Å²) in [6.07, 6.45) is -0.375. The smallest absolute Gasteiger partial charge is 0.350 e. The minimum Gasteiger partial charge on any atom is -0.350 e. The summed E-state index contributed by atoms with van der Waals surface area (Å²) in [6.45, 7) is 0.501. The Bertz CT molecular complexity index is 1080. The second-order valence-electron chi connectivity index (χ2n) is 7.53. The van der Waals surface area contributed by atoms with Crippen molar-refractivity contribution in [3.8, 4) is 0 Å². The first-order valence-corrected chi connectivity index (χ1v) is 9.23. The molecule has 0 bridgehead atoms. The first-order valence-electron chi connectivity index (χ1n) is 9.23. The molecule has 5 rings (SSSR count). The number of amides is 1. The van der Waals surface area contributed by atoms with E-state index >= 15 is 0 Å². The molecule has 3 aromatic rings. The van der Waals surface area contributed by atoms with Crippen LogP contribution >= 0.6 is 0 Å². The van der Waals surface area contributed by atoms with Crippen LogP contribution < -0.4 is 10.2 Å². The number of hydrogen-bond donors (Lipinski definition) is 2. The van der Waals surface area contributed by atoms with Gasteiger partial charge in [-0.3, -0.25) is 4.79 Å². The Morgan fingerprint density at radius 1 is 1.34 bits per heavy atom. The molecule has 1 fully saturated rings. The van der Waals surface area contributed by atoms with E-state index in [4.69, 9.17) is 4.52 Å². The van der Waals surface area contributed by atoms with Crippen LogP contribution in [0.15, 0.2) is 23.1 Å². The lowest BCUT2D eigenvalue weighted by Gasteiger charge is -2.33. The van der Waals surface area contributed by atoms with Gasteiger partial charge in [-0.05, 0) is 18.9 Å². The molecule has 1 aliphatic carbocycles. The molecule has 3 aromatic heterocycles. The number of hydrogen-bond acceptors (Lipinski definition) is 6. The van der Waals surface area contributed by atoms with Crippen molar-refractivity contribution in [1.29, 1.82) is 0 Å². The number of rotatable bonds is 4. The molecule has 2 N–H and O–H groups in total. The van der Waals surface area contributed by atoms with Gasteiger partial charge in [-0.15, -0.1) is 0 Å². The molecule has 0 unspecified atom stereocenters. The maximum atomic E-state index is 12.4. The molecule has 4 heterocycles. The third-order valence-corrected chi connectivity index (χ3v) is 5.52. The number of nitrogens with zero attached hydrogens (tertiary/aromatic N) is 4. The number of carbonyl (C=O) groups excluding carboxylic acids is 1. The molecule has 0 saturated heterocycles. The lowest BCUT2D eigenvalue weighted by atomic mass is 9.92. The van der Waals surface area contributed by atoms with Gasteiger partial charge in [-0.1, -0.05) is 5.16 Å². The molecule has 0 aromatic carbocycles. The first kappa shape index (κ1) is 18.0. The molecule has 0 radical (unpaired) electrons. The van der Waals surface area contributed by atoms with Crippen LogP contribution in [0.25, 0.3) is 11.0 Å². The van der Waals surface area contributed by atoms with Crippen molar-refractivity contribution >= 4 is 22.8 Å². The summed E-state index contributed by atoms with van der Waals surface area (Å²) in [5.74, 6) is 0.0189. The summed E-state index contributed by atoms with van der Waals surface area (Å²) in [5, 5.41) is 7.24. The number of aromatic nitrogens is 4. The third kappa shape index (κ3) is 3.10. The summed E-state index contributed by atoms with van der Waals surface area (Å²) >= 11 is 0. The van der Waals surface area contributed by atoms with Crippen molar-refractivity contribution in [3.05, 3.63) is 35.6 Å². The zero-order valence-corrected chi connectivity index (χ0v) is 15.2. The van der Waals surface area contributed by atoms with Crippen LogP contribution in [0.1, 0.15) is 41.1 Å². The quantitative estimate of drug-likeness (QED) is 0.691. The van der Waals surface area contributed by atoms with Crippen molar-refractivity contribution in [2.45, 2.75) is 37.4 Å². The average Bonchev–Trinajstić information content (AvgIpc) is 3.08. The second kappa shape index (κ2) is 6.19. The van der Waals surface area contributed by atoms with E-state index in [1.807, 2.05) is 6.07 Å². The number of halogens is 3. The minimum atomic E-state index is -4.34. The monoisotopic (exact) mass is 406 g/mol. The van der Waals surface area contributed by atoms with Crippen molar-refractivity contribution in [1.82, 2.24) is 25.4 Å². The molecule has 29 heavy (non-hydrogen) atoms. The summed E-state index contributed by atoms with van der Waals surface area (Å²) < 4.78 is 42.4. The number of nitrogens with one attached hydrogen (secondary N) is 2. The van der Waals surface area contributed by atoms with Crippen LogP contribution in [0.5, 0.6) is 0 Å². The van der Waals surface area contributed by atoms with Gasteiger partial charge in [0.2, 0.25) is 5.76 Å². The number of fused-ring (bicyclic) bond motifs is 3. The lowest BCUT2D eigenvalue weighted by Crippen LogP contribution is -2.39. The van der Waals surface area contributed by atoms with Gasteiger partial charge in [-0.2, -0.15) is 13.2 Å². The molecule has 1 aliphatic heterocycles. The molecule has 1 spiro atoms. The summed E-state index contributed by atoms with van der Waals surface area (Å²) in [4.78, 5) is 26.2.